The first-order valence-corrected chi connectivity index (χ1v) is 11.7. The standard InChI is InChI=1S/C21H26ClN3O5S/c1-15(21(27)23-2)24(13-16-8-5-6-11-19(16)22)20(26)14-25(31(4,28)29)17-9-7-10-18(12-17)30-3/h5-12,15H,13-14H2,1-4H3,(H,23,27)/t15-/m1/s1. The number of hydrogen-bond donors (Lipinski definition) is 1. The highest BCUT2D eigenvalue weighted by Gasteiger charge is 2.30. The van der Waals surface area contributed by atoms with Crippen molar-refractivity contribution in [3.63, 3.8) is 0 Å². The average Bonchev–Trinajstić information content (AvgIpc) is 2.74. The van der Waals surface area contributed by atoms with Crippen LogP contribution < -0.4 is 14.4 Å². The molecule has 2 aromatic rings. The van der Waals surface area contributed by atoms with Crippen molar-refractivity contribution in [3.05, 3.63) is 59.1 Å². The summed E-state index contributed by atoms with van der Waals surface area (Å²) in [4.78, 5) is 26.9. The van der Waals surface area contributed by atoms with Gasteiger partial charge in [-0.2, -0.15) is 0 Å². The Hall–Kier alpha value is -2.78. The van der Waals surface area contributed by atoms with Gasteiger partial charge in [-0.05, 0) is 30.7 Å². The number of halogens is 1. The van der Waals surface area contributed by atoms with Crippen LogP contribution in [0.25, 0.3) is 0 Å². The Kier molecular flexibility index (Phi) is 8.29. The summed E-state index contributed by atoms with van der Waals surface area (Å²) in [6.45, 7) is 1.13. The molecule has 0 heterocycles. The molecule has 0 unspecified atom stereocenters. The maximum absolute atomic E-state index is 13.3. The van der Waals surface area contributed by atoms with E-state index in [0.717, 1.165) is 10.6 Å². The van der Waals surface area contributed by atoms with Crippen molar-refractivity contribution in [2.45, 2.75) is 19.5 Å². The smallest absolute Gasteiger partial charge is 0.244 e. The highest BCUT2D eigenvalue weighted by atomic mass is 35.5. The van der Waals surface area contributed by atoms with Gasteiger partial charge >= 0.3 is 0 Å². The lowest BCUT2D eigenvalue weighted by atomic mass is 10.1. The molecule has 0 spiro atoms. The van der Waals surface area contributed by atoms with Crippen molar-refractivity contribution >= 4 is 39.1 Å². The molecule has 0 bridgehead atoms. The topological polar surface area (TPSA) is 96.0 Å². The van der Waals surface area contributed by atoms with Gasteiger partial charge in [0.05, 0.1) is 19.1 Å². The number of nitrogens with one attached hydrogen (secondary N) is 1. The molecule has 0 radical (unpaired) electrons. The van der Waals surface area contributed by atoms with Crippen molar-refractivity contribution in [1.29, 1.82) is 0 Å². The Labute approximate surface area is 187 Å². The van der Waals surface area contributed by atoms with Crippen molar-refractivity contribution < 1.29 is 22.7 Å². The van der Waals surface area contributed by atoms with Gasteiger partial charge in [0.1, 0.15) is 18.3 Å². The number of carbonyl (C=O) groups excluding carboxylic acids is 2. The Morgan fingerprint density at radius 3 is 2.42 bits per heavy atom. The molecule has 0 aliphatic rings. The van der Waals surface area contributed by atoms with Crippen LogP contribution in [-0.2, 0) is 26.2 Å². The first-order valence-electron chi connectivity index (χ1n) is 9.44. The van der Waals surface area contributed by atoms with E-state index in [9.17, 15) is 18.0 Å². The molecular weight excluding hydrogens is 442 g/mol. The lowest BCUT2D eigenvalue weighted by Gasteiger charge is -2.31. The molecule has 1 atom stereocenters. The van der Waals surface area contributed by atoms with E-state index in [1.54, 1.807) is 49.4 Å². The van der Waals surface area contributed by atoms with Gasteiger partial charge in [0.25, 0.3) is 0 Å². The van der Waals surface area contributed by atoms with E-state index in [0.29, 0.717) is 16.3 Å². The summed E-state index contributed by atoms with van der Waals surface area (Å²) in [5, 5.41) is 2.96. The molecule has 8 nitrogen and oxygen atoms in total. The van der Waals surface area contributed by atoms with Crippen LogP contribution >= 0.6 is 11.6 Å². The molecule has 0 fully saturated rings. The number of ether oxygens (including phenoxy) is 1. The minimum Gasteiger partial charge on any atom is -0.497 e. The van der Waals surface area contributed by atoms with E-state index in [1.165, 1.54) is 25.1 Å². The van der Waals surface area contributed by atoms with E-state index in [2.05, 4.69) is 5.32 Å². The van der Waals surface area contributed by atoms with E-state index in [4.69, 9.17) is 16.3 Å². The molecule has 168 valence electrons. The molecule has 2 aromatic carbocycles. The Bertz CT molecular complexity index is 1040. The number of carbonyl (C=O) groups is 2. The van der Waals surface area contributed by atoms with E-state index < -0.39 is 28.5 Å². The van der Waals surface area contributed by atoms with Gasteiger partial charge in [-0.3, -0.25) is 13.9 Å². The zero-order valence-corrected chi connectivity index (χ0v) is 19.4. The average molecular weight is 468 g/mol. The molecule has 1 N–H and O–H groups in total. The number of sulfonamides is 1. The summed E-state index contributed by atoms with van der Waals surface area (Å²) in [5.74, 6) is -0.484. The first kappa shape index (κ1) is 24.5. The number of amides is 2. The maximum atomic E-state index is 13.3. The third-order valence-corrected chi connectivity index (χ3v) is 6.24. The van der Waals surface area contributed by atoms with Crippen LogP contribution in [0.3, 0.4) is 0 Å². The van der Waals surface area contributed by atoms with Crippen molar-refractivity contribution in [2.75, 3.05) is 31.3 Å². The minimum atomic E-state index is -3.80. The second-order valence-corrected chi connectivity index (χ2v) is 9.19. The SMILES string of the molecule is CNC(=O)[C@@H](C)N(Cc1ccccc1Cl)C(=O)CN(c1cccc(OC)c1)S(C)(=O)=O. The second kappa shape index (κ2) is 10.5. The number of likely N-dealkylation sites (N-methyl/N-ethyl adjacent to an activating group) is 1. The van der Waals surface area contributed by atoms with Crippen molar-refractivity contribution in [2.24, 2.45) is 0 Å². The predicted molar refractivity (Wildman–Crippen MR) is 121 cm³/mol. The van der Waals surface area contributed by atoms with Gasteiger partial charge in [0, 0.05) is 24.7 Å². The maximum Gasteiger partial charge on any atom is 0.244 e. The summed E-state index contributed by atoms with van der Waals surface area (Å²) in [7, 11) is -0.868. The number of benzene rings is 2. The van der Waals surface area contributed by atoms with Gasteiger partial charge in [-0.25, -0.2) is 8.42 Å². The summed E-state index contributed by atoms with van der Waals surface area (Å²) >= 11 is 6.24. The first-order chi connectivity index (χ1) is 14.6. The summed E-state index contributed by atoms with van der Waals surface area (Å²) in [5.41, 5.74) is 0.918. The summed E-state index contributed by atoms with van der Waals surface area (Å²) in [6.07, 6.45) is 1.01. The summed E-state index contributed by atoms with van der Waals surface area (Å²) < 4.78 is 31.1. The molecule has 0 saturated carbocycles. The van der Waals surface area contributed by atoms with Crippen LogP contribution in [0.5, 0.6) is 5.75 Å². The van der Waals surface area contributed by atoms with Crippen molar-refractivity contribution in [1.82, 2.24) is 10.2 Å². The normalized spacial score (nSPS) is 12.0. The van der Waals surface area contributed by atoms with Gasteiger partial charge in [-0.1, -0.05) is 35.9 Å². The molecule has 0 saturated heterocycles. The van der Waals surface area contributed by atoms with E-state index in [1.807, 2.05) is 0 Å². The quantitative estimate of drug-likeness (QED) is 0.610. The Morgan fingerprint density at radius 2 is 1.84 bits per heavy atom. The lowest BCUT2D eigenvalue weighted by molar-refractivity contribution is -0.139. The Morgan fingerprint density at radius 1 is 1.16 bits per heavy atom. The molecular formula is C21H26ClN3O5S. The number of hydrogen-bond acceptors (Lipinski definition) is 5. The molecule has 2 amide bonds. The number of rotatable bonds is 9. The lowest BCUT2D eigenvalue weighted by Crippen LogP contribution is -2.50. The van der Waals surface area contributed by atoms with Gasteiger partial charge in [0.2, 0.25) is 21.8 Å². The third kappa shape index (κ3) is 6.35. The third-order valence-electron chi connectivity index (χ3n) is 4.73. The number of methoxy groups -OCH3 is 1. The molecule has 0 aromatic heterocycles. The fourth-order valence-corrected chi connectivity index (χ4v) is 4.02. The van der Waals surface area contributed by atoms with Crippen LogP contribution in [0.4, 0.5) is 5.69 Å². The minimum absolute atomic E-state index is 0.0445. The fraction of sp³-hybridized carbons (Fsp3) is 0.333. The highest BCUT2D eigenvalue weighted by Crippen LogP contribution is 2.24. The highest BCUT2D eigenvalue weighted by molar-refractivity contribution is 7.92. The van der Waals surface area contributed by atoms with Crippen LogP contribution in [0.1, 0.15) is 12.5 Å². The fourth-order valence-electron chi connectivity index (χ4n) is 2.98. The largest absolute Gasteiger partial charge is 0.497 e. The number of nitrogens with zero attached hydrogens (tertiary/aromatic N) is 2. The zero-order chi connectivity index (χ0) is 23.2. The van der Waals surface area contributed by atoms with Crippen molar-refractivity contribution in [3.8, 4) is 5.75 Å². The predicted octanol–water partition coefficient (Wildman–Crippen LogP) is 2.28. The zero-order valence-electron chi connectivity index (χ0n) is 17.8. The molecule has 10 heteroatoms. The molecule has 31 heavy (non-hydrogen) atoms. The molecule has 2 rings (SSSR count). The number of anilines is 1. The summed E-state index contributed by atoms with van der Waals surface area (Å²) in [6, 6.07) is 12.5. The molecule has 0 aliphatic heterocycles. The van der Waals surface area contributed by atoms with E-state index >= 15 is 0 Å². The van der Waals surface area contributed by atoms with E-state index in [-0.39, 0.29) is 18.1 Å². The van der Waals surface area contributed by atoms with Crippen LogP contribution in [0, 0.1) is 0 Å². The van der Waals surface area contributed by atoms with Crippen LogP contribution in [0.2, 0.25) is 5.02 Å². The monoisotopic (exact) mass is 467 g/mol. The van der Waals surface area contributed by atoms with Crippen LogP contribution in [0.15, 0.2) is 48.5 Å². The van der Waals surface area contributed by atoms with Gasteiger partial charge in [0.15, 0.2) is 0 Å². The Balaban J connectivity index is 2.41. The second-order valence-electron chi connectivity index (χ2n) is 6.87. The van der Waals surface area contributed by atoms with Gasteiger partial charge in [-0.15, -0.1) is 0 Å². The van der Waals surface area contributed by atoms with Gasteiger partial charge < -0.3 is 15.0 Å². The van der Waals surface area contributed by atoms with Crippen LogP contribution in [-0.4, -0.2) is 58.1 Å². The molecule has 0 aliphatic carbocycles.